The van der Waals surface area contributed by atoms with Crippen molar-refractivity contribution >= 4 is 115 Å². The van der Waals surface area contributed by atoms with E-state index in [4.69, 9.17) is 4.98 Å². The Balaban J connectivity index is 1.02. The Bertz CT molecular complexity index is 5140. The lowest BCUT2D eigenvalue weighted by Gasteiger charge is -2.17. The van der Waals surface area contributed by atoms with Gasteiger partial charge in [-0.3, -0.25) is 8.97 Å². The minimum Gasteiger partial charge on any atom is -0.309 e. The van der Waals surface area contributed by atoms with Crippen LogP contribution in [0.3, 0.4) is 0 Å². The maximum absolute atomic E-state index is 5.71. The largest absolute Gasteiger partial charge is 0.309 e. The molecule has 7 nitrogen and oxygen atoms in total. The zero-order valence-corrected chi connectivity index (χ0v) is 39.8. The van der Waals surface area contributed by atoms with Crippen LogP contribution in [0.25, 0.3) is 144 Å². The van der Waals surface area contributed by atoms with E-state index < -0.39 is 0 Å². The SMILES string of the molecule is c1ccc(-n2c3ccccc3c3cc(-n4c5ccccc5c5ccc6c(nc7n(-c8ccccc8)c8ccccc8n67)c54)cc(-n4c5ccccc5c5cc(-n6c7ccccc7c7ccccc76)ccc54)c32)cc1. The molecule has 6 heterocycles. The van der Waals surface area contributed by atoms with E-state index in [0.717, 1.165) is 94.8 Å². The molecule has 0 unspecified atom stereocenters. The normalized spacial score (nSPS) is 12.3. The lowest BCUT2D eigenvalue weighted by Crippen LogP contribution is -2.03. The molecule has 0 radical (unpaired) electrons. The Hall–Kier alpha value is -10.1. The molecule has 0 bridgehead atoms. The Morgan fingerprint density at radius 2 is 0.662 bits per heavy atom. The molecular weight excluding hydrogens is 903 g/mol. The molecule has 0 N–H and O–H groups in total. The fraction of sp³-hybridized carbons (Fsp3) is 0. The molecule has 0 spiro atoms. The second-order valence-corrected chi connectivity index (χ2v) is 19.6. The van der Waals surface area contributed by atoms with Gasteiger partial charge in [0, 0.05) is 65.8 Å². The van der Waals surface area contributed by atoms with Crippen molar-refractivity contribution in [3.63, 3.8) is 0 Å². The number of hydrogen-bond donors (Lipinski definition) is 0. The van der Waals surface area contributed by atoms with E-state index in [-0.39, 0.29) is 0 Å². The van der Waals surface area contributed by atoms with Crippen LogP contribution in [0.1, 0.15) is 0 Å². The maximum Gasteiger partial charge on any atom is 0.220 e. The van der Waals surface area contributed by atoms with Gasteiger partial charge in [-0.1, -0.05) is 140 Å². The molecule has 11 aromatic carbocycles. The van der Waals surface area contributed by atoms with Gasteiger partial charge >= 0.3 is 0 Å². The van der Waals surface area contributed by atoms with Crippen molar-refractivity contribution in [1.82, 2.24) is 32.2 Å². The van der Waals surface area contributed by atoms with Crippen LogP contribution in [0.4, 0.5) is 0 Å². The number of para-hydroxylation sites is 9. The number of hydrogen-bond acceptors (Lipinski definition) is 1. The fourth-order valence-corrected chi connectivity index (χ4v) is 12.8. The summed E-state index contributed by atoms with van der Waals surface area (Å²) in [6.07, 6.45) is 0. The monoisotopic (exact) mass is 943 g/mol. The minimum absolute atomic E-state index is 0.879. The molecule has 0 fully saturated rings. The standard InChI is InChI=1S/C67H41N7/c1-3-19-42(20-4-1)70-57-31-15-11-27-50(57)53-40-45(71-56-30-14-9-25-48(56)51-36-38-62-64(66(51)71)68-67-72(43-21-5-2-6-22-43)60-33-17-18-34-61(60)74(62)67)41-63(65(53)70)73-58-32-16-10-26-49(58)52-39-44(35-37-59(52)73)69-54-28-12-7-23-46(54)47-24-8-13-29-55(47)69/h1-41H. The molecule has 0 aliphatic heterocycles. The quantitative estimate of drug-likeness (QED) is 0.169. The van der Waals surface area contributed by atoms with Crippen molar-refractivity contribution in [2.75, 3.05) is 0 Å². The van der Waals surface area contributed by atoms with E-state index in [1.807, 2.05) is 0 Å². The third-order valence-electron chi connectivity index (χ3n) is 15.8. The highest BCUT2D eigenvalue weighted by atomic mass is 15.2. The van der Waals surface area contributed by atoms with E-state index in [9.17, 15) is 0 Å². The zero-order chi connectivity index (χ0) is 48.2. The van der Waals surface area contributed by atoms with Crippen molar-refractivity contribution in [3.05, 3.63) is 249 Å². The minimum atomic E-state index is 0.879. The lowest BCUT2D eigenvalue weighted by molar-refractivity contribution is 1.11. The molecule has 0 aliphatic carbocycles. The predicted molar refractivity (Wildman–Crippen MR) is 307 cm³/mol. The summed E-state index contributed by atoms with van der Waals surface area (Å²) in [4.78, 5) is 5.71. The Morgan fingerprint density at radius 3 is 1.28 bits per heavy atom. The molecule has 6 aromatic heterocycles. The number of aromatic nitrogens is 7. The fourth-order valence-electron chi connectivity index (χ4n) is 12.8. The highest BCUT2D eigenvalue weighted by Gasteiger charge is 2.26. The average molecular weight is 944 g/mol. The third kappa shape index (κ3) is 5.21. The second-order valence-electron chi connectivity index (χ2n) is 19.6. The van der Waals surface area contributed by atoms with Gasteiger partial charge in [0.15, 0.2) is 0 Å². The summed E-state index contributed by atoms with van der Waals surface area (Å²) in [5, 5.41) is 9.58. The number of nitrogens with zero attached hydrogens (tertiary/aromatic N) is 7. The smallest absolute Gasteiger partial charge is 0.220 e. The zero-order valence-electron chi connectivity index (χ0n) is 39.8. The van der Waals surface area contributed by atoms with E-state index in [0.29, 0.717) is 0 Å². The summed E-state index contributed by atoms with van der Waals surface area (Å²) in [7, 11) is 0. The summed E-state index contributed by atoms with van der Waals surface area (Å²) in [5.41, 5.74) is 18.8. The van der Waals surface area contributed by atoms with Crippen LogP contribution >= 0.6 is 0 Å². The van der Waals surface area contributed by atoms with Crippen LogP contribution in [0.2, 0.25) is 0 Å². The molecule has 344 valence electrons. The van der Waals surface area contributed by atoms with Crippen LogP contribution < -0.4 is 0 Å². The van der Waals surface area contributed by atoms with Gasteiger partial charge in [-0.15, -0.1) is 0 Å². The van der Waals surface area contributed by atoms with Crippen molar-refractivity contribution in [2.24, 2.45) is 0 Å². The van der Waals surface area contributed by atoms with Gasteiger partial charge in [-0.2, -0.15) is 0 Å². The van der Waals surface area contributed by atoms with Gasteiger partial charge in [-0.25, -0.2) is 4.98 Å². The predicted octanol–water partition coefficient (Wildman–Crippen LogP) is 16.8. The summed E-state index contributed by atoms with van der Waals surface area (Å²) >= 11 is 0. The first kappa shape index (κ1) is 39.6. The van der Waals surface area contributed by atoms with Crippen molar-refractivity contribution < 1.29 is 0 Å². The summed E-state index contributed by atoms with van der Waals surface area (Å²) in [6.45, 7) is 0. The van der Waals surface area contributed by atoms with Gasteiger partial charge in [0.1, 0.15) is 5.52 Å². The van der Waals surface area contributed by atoms with Crippen LogP contribution in [-0.2, 0) is 0 Å². The van der Waals surface area contributed by atoms with Crippen molar-refractivity contribution in [1.29, 1.82) is 0 Å². The third-order valence-corrected chi connectivity index (χ3v) is 15.8. The van der Waals surface area contributed by atoms with E-state index in [1.54, 1.807) is 0 Å². The first-order valence-electron chi connectivity index (χ1n) is 25.3. The molecule has 0 saturated heterocycles. The molecular formula is C67H41N7. The summed E-state index contributed by atoms with van der Waals surface area (Å²) in [6, 6.07) is 90.8. The number of imidazole rings is 2. The molecule has 0 aliphatic rings. The molecule has 0 atom stereocenters. The number of fused-ring (bicyclic) bond motifs is 18. The van der Waals surface area contributed by atoms with Gasteiger partial charge in [-0.05, 0) is 109 Å². The molecule has 74 heavy (non-hydrogen) atoms. The van der Waals surface area contributed by atoms with Gasteiger partial charge < -0.3 is 18.3 Å². The van der Waals surface area contributed by atoms with Crippen LogP contribution in [-0.4, -0.2) is 32.2 Å². The molecule has 17 rings (SSSR count). The van der Waals surface area contributed by atoms with Gasteiger partial charge in [0.2, 0.25) is 5.78 Å². The Morgan fingerprint density at radius 1 is 0.230 bits per heavy atom. The topological polar surface area (TPSA) is 42.0 Å². The molecule has 17 aromatic rings. The maximum atomic E-state index is 5.71. The van der Waals surface area contributed by atoms with Gasteiger partial charge in [0.25, 0.3) is 0 Å². The van der Waals surface area contributed by atoms with Crippen LogP contribution in [0.5, 0.6) is 0 Å². The second kappa shape index (κ2) is 14.7. The highest BCUT2D eigenvalue weighted by molar-refractivity contribution is 6.20. The Labute approximate surface area is 422 Å². The number of rotatable bonds is 5. The van der Waals surface area contributed by atoms with Crippen molar-refractivity contribution in [3.8, 4) is 28.4 Å². The first-order valence-corrected chi connectivity index (χ1v) is 25.3. The van der Waals surface area contributed by atoms with E-state index in [2.05, 4.69) is 276 Å². The molecule has 7 heteroatoms. The van der Waals surface area contributed by atoms with Gasteiger partial charge in [0.05, 0.1) is 66.4 Å². The number of benzene rings is 11. The average Bonchev–Trinajstić information content (AvgIpc) is 4.32. The van der Waals surface area contributed by atoms with Crippen LogP contribution in [0.15, 0.2) is 249 Å². The van der Waals surface area contributed by atoms with Crippen molar-refractivity contribution in [2.45, 2.75) is 0 Å². The first-order chi connectivity index (χ1) is 36.8. The van der Waals surface area contributed by atoms with E-state index >= 15 is 0 Å². The molecule has 0 amide bonds. The summed E-state index contributed by atoms with van der Waals surface area (Å²) in [5.74, 6) is 0.879. The Kier molecular flexibility index (Phi) is 7.88. The lowest BCUT2D eigenvalue weighted by atomic mass is 10.1. The van der Waals surface area contributed by atoms with E-state index in [1.165, 1.54) is 48.7 Å². The van der Waals surface area contributed by atoms with Crippen LogP contribution in [0, 0.1) is 0 Å². The molecule has 0 saturated carbocycles. The highest BCUT2D eigenvalue weighted by Crippen LogP contribution is 2.45. The summed E-state index contributed by atoms with van der Waals surface area (Å²) < 4.78 is 14.5.